The van der Waals surface area contributed by atoms with Crippen molar-refractivity contribution in [2.24, 2.45) is 0 Å². The number of phenols is 1. The molecule has 0 heterocycles. The Balaban J connectivity index is 3.59. The number of nitrogens with zero attached hydrogens (tertiary/aromatic N) is 1. The third kappa shape index (κ3) is 1.34. The van der Waals surface area contributed by atoms with Crippen LogP contribution in [0.5, 0.6) is 5.75 Å². The van der Waals surface area contributed by atoms with E-state index in [0.29, 0.717) is 6.07 Å². The van der Waals surface area contributed by atoms with Crippen molar-refractivity contribution in [2.45, 2.75) is 0 Å². The van der Waals surface area contributed by atoms with Crippen molar-refractivity contribution >= 4 is 6.29 Å². The van der Waals surface area contributed by atoms with Crippen molar-refractivity contribution in [3.8, 4) is 11.8 Å². The Bertz CT molecular complexity index is 410. The second-order valence-corrected chi connectivity index (χ2v) is 2.22. The monoisotopic (exact) mass is 183 g/mol. The van der Waals surface area contributed by atoms with Crippen LogP contribution in [0.1, 0.15) is 15.9 Å². The van der Waals surface area contributed by atoms with E-state index in [4.69, 9.17) is 10.4 Å². The molecule has 0 aliphatic heterocycles. The van der Waals surface area contributed by atoms with Crippen LogP contribution in [0.3, 0.4) is 0 Å². The van der Waals surface area contributed by atoms with Crippen LogP contribution < -0.4 is 0 Å². The topological polar surface area (TPSA) is 61.1 Å². The second kappa shape index (κ2) is 3.19. The summed E-state index contributed by atoms with van der Waals surface area (Å²) in [7, 11) is 0. The van der Waals surface area contributed by atoms with Crippen LogP contribution in [-0.4, -0.2) is 11.4 Å². The van der Waals surface area contributed by atoms with E-state index in [1.807, 2.05) is 0 Å². The fourth-order valence-corrected chi connectivity index (χ4v) is 0.827. The van der Waals surface area contributed by atoms with Crippen molar-refractivity contribution in [1.29, 1.82) is 5.26 Å². The van der Waals surface area contributed by atoms with Gasteiger partial charge in [-0.25, -0.2) is 8.78 Å². The molecule has 0 saturated heterocycles. The molecule has 3 nitrogen and oxygen atoms in total. The first-order valence-electron chi connectivity index (χ1n) is 3.18. The SMILES string of the molecule is N#Cc1c(F)c(O)cc(C=O)c1F. The summed E-state index contributed by atoms with van der Waals surface area (Å²) in [6, 6.07) is 1.83. The minimum atomic E-state index is -1.36. The standard InChI is InChI=1S/C8H3F2NO2/c9-7-4(3-12)1-6(13)8(10)5(7)2-11/h1,3,13H. The fourth-order valence-electron chi connectivity index (χ4n) is 0.827. The van der Waals surface area contributed by atoms with Gasteiger partial charge in [0.2, 0.25) is 0 Å². The van der Waals surface area contributed by atoms with E-state index in [9.17, 15) is 13.6 Å². The molecular weight excluding hydrogens is 180 g/mol. The number of aromatic hydroxyl groups is 1. The van der Waals surface area contributed by atoms with Gasteiger partial charge in [-0.1, -0.05) is 0 Å². The Hall–Kier alpha value is -1.96. The highest BCUT2D eigenvalue weighted by atomic mass is 19.1. The Labute approximate surface area is 71.8 Å². The Morgan fingerprint density at radius 2 is 2.08 bits per heavy atom. The number of carbonyl (C=O) groups is 1. The quantitative estimate of drug-likeness (QED) is 0.668. The first-order chi connectivity index (χ1) is 6.11. The first kappa shape index (κ1) is 9.13. The summed E-state index contributed by atoms with van der Waals surface area (Å²) in [4.78, 5) is 10.2. The van der Waals surface area contributed by atoms with Crippen molar-refractivity contribution in [1.82, 2.24) is 0 Å². The van der Waals surface area contributed by atoms with Gasteiger partial charge in [0.25, 0.3) is 0 Å². The lowest BCUT2D eigenvalue weighted by Gasteiger charge is -2.00. The summed E-state index contributed by atoms with van der Waals surface area (Å²) in [5.74, 6) is -3.53. The molecule has 13 heavy (non-hydrogen) atoms. The van der Waals surface area contributed by atoms with Crippen molar-refractivity contribution < 1.29 is 18.7 Å². The molecule has 1 aromatic rings. The molecule has 0 aliphatic rings. The minimum Gasteiger partial charge on any atom is -0.505 e. The van der Waals surface area contributed by atoms with E-state index in [0.717, 1.165) is 0 Å². The van der Waals surface area contributed by atoms with Gasteiger partial charge in [0.05, 0.1) is 5.56 Å². The van der Waals surface area contributed by atoms with Crippen LogP contribution in [-0.2, 0) is 0 Å². The molecule has 0 unspecified atom stereocenters. The highest BCUT2D eigenvalue weighted by molar-refractivity contribution is 5.77. The molecule has 0 atom stereocenters. The van der Waals surface area contributed by atoms with Gasteiger partial charge < -0.3 is 5.11 Å². The Kier molecular flexibility index (Phi) is 2.24. The first-order valence-corrected chi connectivity index (χ1v) is 3.18. The fraction of sp³-hybridized carbons (Fsp3) is 0. The molecule has 1 aromatic carbocycles. The summed E-state index contributed by atoms with van der Waals surface area (Å²) in [5.41, 5.74) is -1.50. The van der Waals surface area contributed by atoms with Crippen LogP contribution in [0.4, 0.5) is 8.78 Å². The van der Waals surface area contributed by atoms with E-state index in [1.54, 1.807) is 0 Å². The van der Waals surface area contributed by atoms with E-state index in [-0.39, 0.29) is 6.29 Å². The van der Waals surface area contributed by atoms with Gasteiger partial charge in [0.15, 0.2) is 23.7 Å². The van der Waals surface area contributed by atoms with Crippen LogP contribution in [0.15, 0.2) is 6.07 Å². The molecule has 0 aromatic heterocycles. The highest BCUT2D eigenvalue weighted by Gasteiger charge is 2.17. The molecule has 66 valence electrons. The van der Waals surface area contributed by atoms with E-state index in [2.05, 4.69) is 0 Å². The zero-order chi connectivity index (χ0) is 10.0. The summed E-state index contributed by atoms with van der Waals surface area (Å²) < 4.78 is 25.7. The minimum absolute atomic E-state index is 0.0926. The predicted molar refractivity (Wildman–Crippen MR) is 38.1 cm³/mol. The number of halogens is 2. The number of rotatable bonds is 1. The van der Waals surface area contributed by atoms with E-state index >= 15 is 0 Å². The van der Waals surface area contributed by atoms with E-state index in [1.165, 1.54) is 6.07 Å². The molecule has 0 bridgehead atoms. The molecule has 0 aliphatic carbocycles. The average Bonchev–Trinajstić information content (AvgIpc) is 2.12. The summed E-state index contributed by atoms with van der Waals surface area (Å²) in [6.45, 7) is 0. The summed E-state index contributed by atoms with van der Waals surface area (Å²) in [5, 5.41) is 17.1. The zero-order valence-corrected chi connectivity index (χ0v) is 6.21. The lowest BCUT2D eigenvalue weighted by Crippen LogP contribution is -1.96. The van der Waals surface area contributed by atoms with Gasteiger partial charge in [0.1, 0.15) is 11.6 Å². The van der Waals surface area contributed by atoms with Crippen LogP contribution >= 0.6 is 0 Å². The number of benzene rings is 1. The number of hydrogen-bond acceptors (Lipinski definition) is 3. The zero-order valence-electron chi connectivity index (χ0n) is 6.21. The third-order valence-electron chi connectivity index (χ3n) is 1.45. The normalized spacial score (nSPS) is 9.31. The molecule has 0 spiro atoms. The van der Waals surface area contributed by atoms with Crippen LogP contribution in [0, 0.1) is 23.0 Å². The van der Waals surface area contributed by atoms with Gasteiger partial charge in [-0.3, -0.25) is 4.79 Å². The smallest absolute Gasteiger partial charge is 0.185 e. The Morgan fingerprint density at radius 3 is 2.54 bits per heavy atom. The van der Waals surface area contributed by atoms with Gasteiger partial charge >= 0.3 is 0 Å². The molecule has 0 radical (unpaired) electrons. The number of hydrogen-bond donors (Lipinski definition) is 1. The summed E-state index contributed by atoms with van der Waals surface area (Å²) >= 11 is 0. The van der Waals surface area contributed by atoms with Crippen molar-refractivity contribution in [3.63, 3.8) is 0 Å². The number of aldehydes is 1. The van der Waals surface area contributed by atoms with Gasteiger partial charge in [-0.05, 0) is 6.07 Å². The molecule has 0 fully saturated rings. The second-order valence-electron chi connectivity index (χ2n) is 2.22. The lowest BCUT2D eigenvalue weighted by atomic mass is 10.1. The van der Waals surface area contributed by atoms with Gasteiger partial charge in [-0.15, -0.1) is 0 Å². The highest BCUT2D eigenvalue weighted by Crippen LogP contribution is 2.23. The molecular formula is C8H3F2NO2. The number of phenolic OH excluding ortho intramolecular Hbond substituents is 1. The Morgan fingerprint density at radius 1 is 1.46 bits per heavy atom. The maximum Gasteiger partial charge on any atom is 0.185 e. The molecule has 0 amide bonds. The maximum absolute atomic E-state index is 12.9. The maximum atomic E-state index is 12.9. The summed E-state index contributed by atoms with van der Waals surface area (Å²) in [6.07, 6.45) is 0.0926. The number of carbonyl (C=O) groups excluding carboxylic acids is 1. The molecule has 0 saturated carbocycles. The van der Waals surface area contributed by atoms with Crippen LogP contribution in [0.2, 0.25) is 0 Å². The van der Waals surface area contributed by atoms with E-state index < -0.39 is 28.5 Å². The molecule has 1 N–H and O–H groups in total. The predicted octanol–water partition coefficient (Wildman–Crippen LogP) is 1.35. The van der Waals surface area contributed by atoms with Crippen molar-refractivity contribution in [3.05, 3.63) is 28.8 Å². The van der Waals surface area contributed by atoms with Gasteiger partial charge in [0, 0.05) is 0 Å². The molecule has 5 heteroatoms. The molecule has 1 rings (SSSR count). The van der Waals surface area contributed by atoms with Gasteiger partial charge in [-0.2, -0.15) is 5.26 Å². The van der Waals surface area contributed by atoms with Crippen LogP contribution in [0.25, 0.3) is 0 Å². The van der Waals surface area contributed by atoms with Crippen molar-refractivity contribution in [2.75, 3.05) is 0 Å². The lowest BCUT2D eigenvalue weighted by molar-refractivity contribution is 0.111. The average molecular weight is 183 g/mol. The largest absolute Gasteiger partial charge is 0.505 e. The number of nitriles is 1. The third-order valence-corrected chi connectivity index (χ3v) is 1.45.